The van der Waals surface area contributed by atoms with Crippen molar-refractivity contribution in [3.8, 4) is 28.7 Å². The van der Waals surface area contributed by atoms with Gasteiger partial charge in [-0.2, -0.15) is 0 Å². The van der Waals surface area contributed by atoms with E-state index in [1.165, 1.54) is 12.3 Å². The second-order valence-corrected chi connectivity index (χ2v) is 10.3. The van der Waals surface area contributed by atoms with Crippen LogP contribution in [-0.2, 0) is 0 Å². The summed E-state index contributed by atoms with van der Waals surface area (Å²) in [5.41, 5.74) is 3.82. The number of amides is 1. The Balaban J connectivity index is 1.47. The van der Waals surface area contributed by atoms with Gasteiger partial charge in [0.15, 0.2) is 5.82 Å². The van der Waals surface area contributed by atoms with Gasteiger partial charge < -0.3 is 14.4 Å². The normalized spacial score (nSPS) is 16.6. The number of imidazole rings is 1. The fourth-order valence-corrected chi connectivity index (χ4v) is 5.32. The molecule has 11 nitrogen and oxygen atoms in total. The zero-order valence-corrected chi connectivity index (χ0v) is 23.5. The highest BCUT2D eigenvalue weighted by Gasteiger charge is 2.29. The van der Waals surface area contributed by atoms with Crippen molar-refractivity contribution < 1.29 is 14.6 Å². The molecule has 1 amide bonds. The first-order chi connectivity index (χ1) is 20.5. The molecule has 1 aliphatic heterocycles. The third-order valence-electron chi connectivity index (χ3n) is 6.86. The Labute approximate surface area is 246 Å². The smallest absolute Gasteiger partial charge is 0.295 e. The fraction of sp³-hybridized carbons (Fsp3) is 0.233. The highest BCUT2D eigenvalue weighted by Crippen LogP contribution is 2.37. The number of likely N-dealkylation sites (tertiary alicyclic amines) is 1. The number of ether oxygens (including phenoxy) is 1. The van der Waals surface area contributed by atoms with Crippen molar-refractivity contribution in [3.63, 3.8) is 0 Å². The Morgan fingerprint density at radius 3 is 2.74 bits per heavy atom. The lowest BCUT2D eigenvalue weighted by molar-refractivity contribution is 0.0996. The van der Waals surface area contributed by atoms with Crippen LogP contribution in [0.3, 0.4) is 0 Å². The summed E-state index contributed by atoms with van der Waals surface area (Å²) in [5.74, 6) is 1.34. The van der Waals surface area contributed by atoms with Gasteiger partial charge in [-0.15, -0.1) is 0 Å². The highest BCUT2D eigenvalue weighted by molar-refractivity contribution is 6.30. The zero-order chi connectivity index (χ0) is 29.1. The largest absolute Gasteiger partial charge is 0.490 e. The lowest BCUT2D eigenvalue weighted by Gasteiger charge is -2.33. The number of carbonyl (C=O) groups excluding carboxylic acids is 1. The molecule has 0 bridgehead atoms. The molecule has 212 valence electrons. The van der Waals surface area contributed by atoms with Gasteiger partial charge >= 0.3 is 0 Å². The monoisotopic (exact) mass is 582 g/mol. The van der Waals surface area contributed by atoms with Gasteiger partial charge in [-0.1, -0.05) is 23.7 Å². The van der Waals surface area contributed by atoms with Gasteiger partial charge in [0, 0.05) is 48.8 Å². The summed E-state index contributed by atoms with van der Waals surface area (Å²) in [4.78, 5) is 42.1. The first-order valence-electron chi connectivity index (χ1n) is 13.4. The molecule has 0 saturated carbocycles. The SMILES string of the molecule is CN1CC(=NC(=O)c2cc(Cl)ccn2)CC(n2c(-c3ccccc3OCCO)nc3cnc(-c4ncccn4)cc32)C1. The minimum Gasteiger partial charge on any atom is -0.490 e. The Kier molecular flexibility index (Phi) is 7.95. The quantitative estimate of drug-likeness (QED) is 0.301. The number of hydrogen-bond acceptors (Lipinski definition) is 9. The molecule has 0 aliphatic carbocycles. The second kappa shape index (κ2) is 12.1. The van der Waals surface area contributed by atoms with Gasteiger partial charge in [-0.05, 0) is 43.4 Å². The first kappa shape index (κ1) is 27.6. The molecule has 1 unspecified atom stereocenters. The Morgan fingerprint density at radius 1 is 1.10 bits per heavy atom. The predicted molar refractivity (Wildman–Crippen MR) is 159 cm³/mol. The summed E-state index contributed by atoms with van der Waals surface area (Å²) in [6.45, 7) is 1.25. The van der Waals surface area contributed by atoms with Crippen LogP contribution < -0.4 is 4.74 Å². The molecule has 6 rings (SSSR count). The molecule has 1 aliphatic rings. The maximum Gasteiger partial charge on any atom is 0.295 e. The molecule has 5 heterocycles. The lowest BCUT2D eigenvalue weighted by Crippen LogP contribution is -2.39. The summed E-state index contributed by atoms with van der Waals surface area (Å²) in [6.07, 6.45) is 7.07. The minimum atomic E-state index is -0.437. The highest BCUT2D eigenvalue weighted by atomic mass is 35.5. The molecule has 1 saturated heterocycles. The van der Waals surface area contributed by atoms with Crippen LogP contribution in [0, 0.1) is 0 Å². The van der Waals surface area contributed by atoms with Gasteiger partial charge in [-0.25, -0.2) is 19.9 Å². The van der Waals surface area contributed by atoms with Crippen LogP contribution in [0.4, 0.5) is 0 Å². The van der Waals surface area contributed by atoms with E-state index in [1.54, 1.807) is 30.7 Å². The van der Waals surface area contributed by atoms with Gasteiger partial charge in [0.05, 0.1) is 29.9 Å². The Morgan fingerprint density at radius 2 is 1.93 bits per heavy atom. The number of para-hydroxylation sites is 1. The molecule has 0 radical (unpaired) electrons. The lowest BCUT2D eigenvalue weighted by atomic mass is 10.0. The van der Waals surface area contributed by atoms with Crippen molar-refractivity contribution in [2.45, 2.75) is 12.5 Å². The van der Waals surface area contributed by atoms with Crippen molar-refractivity contribution in [3.05, 3.63) is 84.0 Å². The third kappa shape index (κ3) is 5.75. The predicted octanol–water partition coefficient (Wildman–Crippen LogP) is 4.13. The molecule has 5 aromatic rings. The number of aliphatic imine (C=N–C) groups is 1. The number of aliphatic hydroxyl groups excluding tert-OH is 1. The first-order valence-corrected chi connectivity index (χ1v) is 13.8. The molecule has 1 N–H and O–H groups in total. The van der Waals surface area contributed by atoms with Crippen LogP contribution >= 0.6 is 11.6 Å². The molecule has 4 aromatic heterocycles. The van der Waals surface area contributed by atoms with Crippen molar-refractivity contribution in [1.29, 1.82) is 0 Å². The van der Waals surface area contributed by atoms with E-state index in [0.717, 1.165) is 16.8 Å². The van der Waals surface area contributed by atoms with Crippen LogP contribution in [0.2, 0.25) is 5.02 Å². The molecule has 1 fully saturated rings. The van der Waals surface area contributed by atoms with Crippen molar-refractivity contribution >= 4 is 34.3 Å². The van der Waals surface area contributed by atoms with Crippen LogP contribution in [0.25, 0.3) is 33.9 Å². The maximum absolute atomic E-state index is 13.0. The van der Waals surface area contributed by atoms with Crippen LogP contribution in [0.1, 0.15) is 23.0 Å². The van der Waals surface area contributed by atoms with E-state index in [2.05, 4.69) is 34.4 Å². The number of aliphatic hydroxyl groups is 1. The van der Waals surface area contributed by atoms with E-state index in [9.17, 15) is 9.90 Å². The zero-order valence-electron chi connectivity index (χ0n) is 22.8. The van der Waals surface area contributed by atoms with Crippen LogP contribution in [0.5, 0.6) is 5.75 Å². The minimum absolute atomic E-state index is 0.113. The number of benzene rings is 1. The number of nitrogens with zero attached hydrogens (tertiary/aromatic N) is 8. The molecule has 12 heteroatoms. The molecular formula is C30H27ClN8O3. The molecule has 42 heavy (non-hydrogen) atoms. The van der Waals surface area contributed by atoms with E-state index in [-0.39, 0.29) is 24.9 Å². The summed E-state index contributed by atoms with van der Waals surface area (Å²) >= 11 is 6.08. The molecule has 1 aromatic carbocycles. The van der Waals surface area contributed by atoms with Crippen molar-refractivity contribution in [2.75, 3.05) is 33.4 Å². The standard InChI is InChI=1S/C30H27ClN8O3/c1-38-17-20(36-30(41)24-13-19(31)7-10-32-24)14-21(18-38)39-26-15-23(28-33-8-4-9-34-28)35-16-25(26)37-29(39)22-5-2-3-6-27(22)42-12-11-40/h2-10,13,15-16,21,40H,11-12,14,17-18H2,1H3. The number of carbonyl (C=O) groups is 1. The number of hydrogen-bond donors (Lipinski definition) is 1. The van der Waals surface area contributed by atoms with Crippen molar-refractivity contribution in [1.82, 2.24) is 34.4 Å². The van der Waals surface area contributed by atoms with E-state index in [0.29, 0.717) is 53.1 Å². The number of pyridine rings is 2. The topological polar surface area (TPSA) is 132 Å². The summed E-state index contributed by atoms with van der Waals surface area (Å²) < 4.78 is 8.04. The molecule has 0 spiro atoms. The number of aromatic nitrogens is 6. The number of likely N-dealkylation sites (N-methyl/N-ethyl adjacent to an activating group) is 1. The van der Waals surface area contributed by atoms with Crippen LogP contribution in [0.15, 0.2) is 78.3 Å². The van der Waals surface area contributed by atoms with Gasteiger partial charge in [-0.3, -0.25) is 19.7 Å². The summed E-state index contributed by atoms with van der Waals surface area (Å²) in [6, 6.07) is 14.3. The van der Waals surface area contributed by atoms with E-state index in [4.69, 9.17) is 21.3 Å². The summed E-state index contributed by atoms with van der Waals surface area (Å²) in [5, 5.41) is 9.83. The molecular weight excluding hydrogens is 556 g/mol. The van der Waals surface area contributed by atoms with Gasteiger partial charge in [0.1, 0.15) is 35.1 Å². The number of piperidine rings is 1. The Bertz CT molecular complexity index is 1780. The molecule has 1 atom stereocenters. The van der Waals surface area contributed by atoms with Crippen molar-refractivity contribution in [2.24, 2.45) is 4.99 Å². The number of halogens is 1. The average Bonchev–Trinajstić information content (AvgIpc) is 3.39. The van der Waals surface area contributed by atoms with Crippen LogP contribution in [-0.4, -0.2) is 84.5 Å². The van der Waals surface area contributed by atoms with Gasteiger partial charge in [0.2, 0.25) is 0 Å². The van der Waals surface area contributed by atoms with E-state index < -0.39 is 5.91 Å². The number of rotatable bonds is 7. The number of fused-ring (bicyclic) bond motifs is 1. The summed E-state index contributed by atoms with van der Waals surface area (Å²) in [7, 11) is 1.99. The fourth-order valence-electron chi connectivity index (χ4n) is 5.16. The average molecular weight is 583 g/mol. The second-order valence-electron chi connectivity index (χ2n) is 9.90. The Hall–Kier alpha value is -4.58. The maximum atomic E-state index is 13.0. The van der Waals surface area contributed by atoms with E-state index in [1.807, 2.05) is 37.4 Å². The van der Waals surface area contributed by atoms with Gasteiger partial charge in [0.25, 0.3) is 5.91 Å². The van der Waals surface area contributed by atoms with E-state index >= 15 is 0 Å². The third-order valence-corrected chi connectivity index (χ3v) is 7.09.